The smallest absolute Gasteiger partial charge is 0.342 e. The number of thiol groups is 1. The van der Waals surface area contributed by atoms with Gasteiger partial charge in [0.15, 0.2) is 0 Å². The van der Waals surface area contributed by atoms with E-state index in [1.165, 1.54) is 12.1 Å². The lowest BCUT2D eigenvalue weighted by Gasteiger charge is -1.98. The van der Waals surface area contributed by atoms with Gasteiger partial charge in [-0.15, -0.1) is 0 Å². The Labute approximate surface area is 96.7 Å². The zero-order chi connectivity index (χ0) is 12.1. The van der Waals surface area contributed by atoms with Crippen LogP contribution in [0.5, 0.6) is 0 Å². The van der Waals surface area contributed by atoms with Crippen LogP contribution in [0.2, 0.25) is 0 Å². The Balaban J connectivity index is 3.28. The van der Waals surface area contributed by atoms with E-state index >= 15 is 0 Å². The number of hydrogen-bond acceptors (Lipinski definition) is 4. The van der Waals surface area contributed by atoms with Crippen LogP contribution >= 0.6 is 12.6 Å². The number of carboxylic acid groups (broad SMARTS) is 1. The molecule has 0 aliphatic carbocycles. The van der Waals surface area contributed by atoms with Gasteiger partial charge in [-0.05, 0) is 12.1 Å². The van der Waals surface area contributed by atoms with Crippen LogP contribution in [0.4, 0.5) is 5.69 Å². The zero-order valence-electron chi connectivity index (χ0n) is 8.01. The van der Waals surface area contributed by atoms with Crippen molar-refractivity contribution >= 4 is 24.3 Å². The fourth-order valence-corrected chi connectivity index (χ4v) is 1.16. The minimum Gasteiger partial charge on any atom is -0.477 e. The highest BCUT2D eigenvalue weighted by molar-refractivity contribution is 7.80. The van der Waals surface area contributed by atoms with Gasteiger partial charge in [-0.25, -0.2) is 4.79 Å². The average molecular weight is 237 g/mol. The van der Waals surface area contributed by atoms with Crippen molar-refractivity contribution in [3.8, 4) is 11.8 Å². The molecule has 0 heterocycles. The predicted octanol–water partition coefficient (Wildman–Crippen LogP) is 1.57. The Kier molecular flexibility index (Phi) is 3.91. The molecule has 0 saturated heterocycles. The highest BCUT2D eigenvalue weighted by Gasteiger charge is 2.19. The first-order valence-corrected chi connectivity index (χ1v) is 4.81. The predicted molar refractivity (Wildman–Crippen MR) is 60.8 cm³/mol. The van der Waals surface area contributed by atoms with Gasteiger partial charge in [-0.2, -0.15) is 12.6 Å². The number of nitro benzene ring substituents is 1. The summed E-state index contributed by atoms with van der Waals surface area (Å²) in [5.41, 5.74) is -0.392. The van der Waals surface area contributed by atoms with Crippen molar-refractivity contribution in [3.05, 3.63) is 39.4 Å². The normalized spacial score (nSPS) is 9.06. The fourth-order valence-electron chi connectivity index (χ4n) is 1.09. The van der Waals surface area contributed by atoms with E-state index in [1.54, 1.807) is 0 Å². The van der Waals surface area contributed by atoms with Crippen LogP contribution in [0.1, 0.15) is 15.9 Å². The van der Waals surface area contributed by atoms with E-state index in [2.05, 4.69) is 24.5 Å². The Morgan fingerprint density at radius 2 is 2.25 bits per heavy atom. The van der Waals surface area contributed by atoms with Gasteiger partial charge in [0.1, 0.15) is 5.56 Å². The molecule has 82 valence electrons. The molecule has 0 saturated carbocycles. The molecule has 1 N–H and O–H groups in total. The largest absolute Gasteiger partial charge is 0.477 e. The van der Waals surface area contributed by atoms with Crippen molar-refractivity contribution in [3.63, 3.8) is 0 Å². The van der Waals surface area contributed by atoms with Crippen molar-refractivity contribution in [1.82, 2.24) is 0 Å². The molecule has 0 radical (unpaired) electrons. The van der Waals surface area contributed by atoms with E-state index in [9.17, 15) is 14.9 Å². The van der Waals surface area contributed by atoms with E-state index in [1.807, 2.05) is 0 Å². The van der Waals surface area contributed by atoms with E-state index in [0.717, 1.165) is 6.07 Å². The quantitative estimate of drug-likeness (QED) is 0.354. The third-order valence-corrected chi connectivity index (χ3v) is 1.89. The van der Waals surface area contributed by atoms with Gasteiger partial charge in [0.25, 0.3) is 5.69 Å². The monoisotopic (exact) mass is 237 g/mol. The maximum atomic E-state index is 10.8. The third-order valence-electron chi connectivity index (χ3n) is 1.74. The Bertz CT molecular complexity index is 501. The molecule has 1 aromatic rings. The zero-order valence-corrected chi connectivity index (χ0v) is 8.90. The Morgan fingerprint density at radius 1 is 1.56 bits per heavy atom. The number of nitrogens with zero attached hydrogens (tertiary/aromatic N) is 1. The summed E-state index contributed by atoms with van der Waals surface area (Å²) in [6.07, 6.45) is 0. The molecular formula is C10H7NO4S. The van der Waals surface area contributed by atoms with Crippen LogP contribution in [0.25, 0.3) is 0 Å². The van der Waals surface area contributed by atoms with E-state index in [0.29, 0.717) is 11.3 Å². The van der Waals surface area contributed by atoms with Crippen LogP contribution in [-0.2, 0) is 0 Å². The maximum absolute atomic E-state index is 10.8. The number of carbonyl (C=O) groups is 1. The van der Waals surface area contributed by atoms with Gasteiger partial charge in [0.05, 0.1) is 10.7 Å². The number of hydrogen-bond donors (Lipinski definition) is 2. The minimum atomic E-state index is -1.35. The summed E-state index contributed by atoms with van der Waals surface area (Å²) in [5.74, 6) is 4.26. The molecule has 1 rings (SSSR count). The first-order valence-electron chi connectivity index (χ1n) is 4.17. The molecule has 0 aromatic heterocycles. The summed E-state index contributed by atoms with van der Waals surface area (Å²) in [4.78, 5) is 20.6. The number of aromatic carboxylic acids is 1. The van der Waals surface area contributed by atoms with E-state index in [-0.39, 0.29) is 5.56 Å². The maximum Gasteiger partial charge on any atom is 0.342 e. The topological polar surface area (TPSA) is 80.4 Å². The molecule has 16 heavy (non-hydrogen) atoms. The first-order chi connectivity index (χ1) is 7.56. The third kappa shape index (κ3) is 2.74. The van der Waals surface area contributed by atoms with Gasteiger partial charge >= 0.3 is 5.97 Å². The molecule has 6 heteroatoms. The molecular weight excluding hydrogens is 230 g/mol. The number of rotatable bonds is 2. The van der Waals surface area contributed by atoms with Gasteiger partial charge in [0, 0.05) is 11.6 Å². The summed E-state index contributed by atoms with van der Waals surface area (Å²) in [7, 11) is 0. The van der Waals surface area contributed by atoms with Crippen LogP contribution in [-0.4, -0.2) is 21.8 Å². The lowest BCUT2D eigenvalue weighted by molar-refractivity contribution is -0.385. The molecule has 0 aliphatic heterocycles. The van der Waals surface area contributed by atoms with Crippen LogP contribution in [0.15, 0.2) is 18.2 Å². The van der Waals surface area contributed by atoms with Gasteiger partial charge in [0.2, 0.25) is 0 Å². The fraction of sp³-hybridized carbons (Fsp3) is 0.100. The number of carboxylic acids is 1. The van der Waals surface area contributed by atoms with Crippen molar-refractivity contribution in [2.75, 3.05) is 5.75 Å². The molecule has 1 aromatic carbocycles. The summed E-state index contributed by atoms with van der Waals surface area (Å²) < 4.78 is 0. The highest BCUT2D eigenvalue weighted by atomic mass is 32.1. The van der Waals surface area contributed by atoms with E-state index < -0.39 is 16.6 Å². The molecule has 0 amide bonds. The second kappa shape index (κ2) is 5.19. The molecule has 0 atom stereocenters. The molecule has 5 nitrogen and oxygen atoms in total. The molecule has 0 aliphatic rings. The summed E-state index contributed by atoms with van der Waals surface area (Å²) >= 11 is 3.87. The van der Waals surface area contributed by atoms with Gasteiger partial charge < -0.3 is 5.11 Å². The van der Waals surface area contributed by atoms with Gasteiger partial charge in [-0.1, -0.05) is 11.8 Å². The van der Waals surface area contributed by atoms with Crippen molar-refractivity contribution in [2.45, 2.75) is 0 Å². The van der Waals surface area contributed by atoms with Crippen LogP contribution < -0.4 is 0 Å². The second-order valence-corrected chi connectivity index (χ2v) is 3.07. The summed E-state index contributed by atoms with van der Waals surface area (Å²) in [6, 6.07) is 3.71. The van der Waals surface area contributed by atoms with Crippen molar-refractivity contribution in [1.29, 1.82) is 0 Å². The van der Waals surface area contributed by atoms with Gasteiger partial charge in [-0.3, -0.25) is 10.1 Å². The van der Waals surface area contributed by atoms with E-state index in [4.69, 9.17) is 5.11 Å². The Morgan fingerprint density at radius 3 is 2.75 bits per heavy atom. The van der Waals surface area contributed by atoms with Crippen LogP contribution in [0.3, 0.4) is 0 Å². The lowest BCUT2D eigenvalue weighted by Crippen LogP contribution is -2.02. The second-order valence-electron chi connectivity index (χ2n) is 2.75. The SMILES string of the molecule is O=C(O)c1cc(C#CCS)ccc1[N+](=O)[O-]. The first kappa shape index (κ1) is 12.1. The summed E-state index contributed by atoms with van der Waals surface area (Å²) in [6.45, 7) is 0. The standard InChI is InChI=1S/C10H7NO4S/c12-10(13)8-6-7(2-1-5-16)3-4-9(8)11(14)15/h3-4,6,16H,5H2,(H,12,13). The summed E-state index contributed by atoms with van der Waals surface area (Å²) in [5, 5.41) is 19.3. The molecule has 0 bridgehead atoms. The highest BCUT2D eigenvalue weighted by Crippen LogP contribution is 2.19. The molecule has 0 spiro atoms. The molecule has 0 unspecified atom stereocenters. The Hall–Kier alpha value is -2.00. The average Bonchev–Trinajstić information content (AvgIpc) is 2.25. The van der Waals surface area contributed by atoms with Crippen molar-refractivity contribution in [2.24, 2.45) is 0 Å². The van der Waals surface area contributed by atoms with Crippen LogP contribution in [0, 0.1) is 22.0 Å². The molecule has 0 fully saturated rings. The van der Waals surface area contributed by atoms with Crippen molar-refractivity contribution < 1.29 is 14.8 Å². The lowest BCUT2D eigenvalue weighted by atomic mass is 10.1. The number of nitro groups is 1. The minimum absolute atomic E-state index is 0.333. The number of benzene rings is 1.